The smallest absolute Gasteiger partial charge is 0.160 e. The van der Waals surface area contributed by atoms with Crippen molar-refractivity contribution in [1.29, 1.82) is 0 Å². The maximum atomic E-state index is 11.0. The number of ether oxygens (including phenoxy) is 1. The molecule has 0 N–H and O–H groups in total. The summed E-state index contributed by atoms with van der Waals surface area (Å²) in [5, 5.41) is 0. The molecule has 0 saturated carbocycles. The molecule has 0 fully saturated rings. The first-order chi connectivity index (χ1) is 15.7. The van der Waals surface area contributed by atoms with Crippen LogP contribution in [0.4, 0.5) is 5.69 Å². The fourth-order valence-electron chi connectivity index (χ4n) is 3.60. The van der Waals surface area contributed by atoms with Crippen molar-refractivity contribution in [3.05, 3.63) is 81.5 Å². The van der Waals surface area contributed by atoms with Gasteiger partial charge in [0.05, 0.1) is 4.88 Å². The first-order valence-electron chi connectivity index (χ1n) is 11.5. The molecule has 0 aliphatic carbocycles. The van der Waals surface area contributed by atoms with E-state index in [4.69, 9.17) is 4.74 Å². The fourth-order valence-corrected chi connectivity index (χ4v) is 4.33. The Labute approximate surface area is 196 Å². The van der Waals surface area contributed by atoms with Gasteiger partial charge in [-0.2, -0.15) is 0 Å². The summed E-state index contributed by atoms with van der Waals surface area (Å²) in [5.74, 6) is 0.881. The normalized spacial score (nSPS) is 11.1. The van der Waals surface area contributed by atoms with Gasteiger partial charge in [0.25, 0.3) is 0 Å². The van der Waals surface area contributed by atoms with E-state index in [1.165, 1.54) is 36.3 Å². The van der Waals surface area contributed by atoms with Crippen molar-refractivity contribution in [2.45, 2.75) is 46.1 Å². The average Bonchev–Trinajstić information content (AvgIpc) is 3.30. The van der Waals surface area contributed by atoms with Crippen LogP contribution in [0.5, 0.6) is 5.75 Å². The molecule has 0 bridgehead atoms. The van der Waals surface area contributed by atoms with Crippen molar-refractivity contribution >= 4 is 35.5 Å². The Morgan fingerprint density at radius 2 is 1.69 bits per heavy atom. The molecule has 0 amide bonds. The summed E-state index contributed by atoms with van der Waals surface area (Å²) in [6.07, 6.45) is 9.82. The predicted octanol–water partition coefficient (Wildman–Crippen LogP) is 7.72. The lowest BCUT2D eigenvalue weighted by Gasteiger charge is -2.25. The van der Waals surface area contributed by atoms with Crippen LogP contribution in [0, 0.1) is 0 Å². The minimum Gasteiger partial charge on any atom is -0.488 e. The summed E-state index contributed by atoms with van der Waals surface area (Å²) in [6.45, 7) is 7.11. The van der Waals surface area contributed by atoms with Gasteiger partial charge in [0.2, 0.25) is 0 Å². The second-order valence-electron chi connectivity index (χ2n) is 7.88. The first-order valence-corrected chi connectivity index (χ1v) is 12.3. The van der Waals surface area contributed by atoms with Gasteiger partial charge in [0.1, 0.15) is 12.4 Å². The zero-order valence-corrected chi connectivity index (χ0v) is 19.9. The third-order valence-corrected chi connectivity index (χ3v) is 6.29. The zero-order chi connectivity index (χ0) is 22.6. The summed E-state index contributed by atoms with van der Waals surface area (Å²) in [7, 11) is 0. The molecule has 1 heterocycles. The molecule has 0 aliphatic rings. The highest BCUT2D eigenvalue weighted by molar-refractivity contribution is 7.14. The molecular formula is C28H33NO2S. The largest absolute Gasteiger partial charge is 0.488 e. The van der Waals surface area contributed by atoms with Gasteiger partial charge in [-0.25, -0.2) is 0 Å². The maximum absolute atomic E-state index is 11.0. The van der Waals surface area contributed by atoms with Crippen LogP contribution in [-0.4, -0.2) is 19.4 Å². The number of hydrogen-bond acceptors (Lipinski definition) is 4. The van der Waals surface area contributed by atoms with E-state index in [0.717, 1.165) is 52.4 Å². The quantitative estimate of drug-likeness (QED) is 0.198. The van der Waals surface area contributed by atoms with E-state index in [1.807, 2.05) is 36.4 Å². The van der Waals surface area contributed by atoms with Crippen LogP contribution in [0.25, 0.3) is 12.2 Å². The topological polar surface area (TPSA) is 29.5 Å². The molecule has 0 unspecified atom stereocenters. The molecule has 0 aliphatic heterocycles. The third-order valence-electron chi connectivity index (χ3n) is 5.32. The second kappa shape index (κ2) is 12.9. The van der Waals surface area contributed by atoms with Crippen molar-refractivity contribution in [2.24, 2.45) is 0 Å². The number of carbonyl (C=O) groups is 1. The van der Waals surface area contributed by atoms with Gasteiger partial charge in [-0.15, -0.1) is 11.3 Å². The van der Waals surface area contributed by atoms with E-state index in [-0.39, 0.29) is 0 Å². The summed E-state index contributed by atoms with van der Waals surface area (Å²) in [6, 6.07) is 20.6. The highest BCUT2D eigenvalue weighted by Crippen LogP contribution is 2.29. The Balaban J connectivity index is 1.85. The third kappa shape index (κ3) is 7.10. The Bertz CT molecular complexity index is 994. The van der Waals surface area contributed by atoms with Gasteiger partial charge in [0, 0.05) is 35.3 Å². The van der Waals surface area contributed by atoms with Crippen LogP contribution in [0.2, 0.25) is 0 Å². The van der Waals surface area contributed by atoms with Crippen LogP contribution >= 0.6 is 11.3 Å². The highest BCUT2D eigenvalue weighted by Gasteiger charge is 2.10. The number of aldehydes is 1. The Kier molecular flexibility index (Phi) is 9.58. The van der Waals surface area contributed by atoms with Crippen LogP contribution in [-0.2, 0) is 6.61 Å². The van der Waals surface area contributed by atoms with Gasteiger partial charge < -0.3 is 9.64 Å². The number of rotatable bonds is 13. The van der Waals surface area contributed by atoms with E-state index < -0.39 is 0 Å². The molecule has 168 valence electrons. The first kappa shape index (κ1) is 23.8. The molecule has 2 aromatic carbocycles. The van der Waals surface area contributed by atoms with Crippen molar-refractivity contribution < 1.29 is 9.53 Å². The lowest BCUT2D eigenvalue weighted by molar-refractivity contribution is 0.112. The van der Waals surface area contributed by atoms with Crippen LogP contribution in [0.1, 0.15) is 65.2 Å². The van der Waals surface area contributed by atoms with Gasteiger partial charge in [0.15, 0.2) is 6.29 Å². The zero-order valence-electron chi connectivity index (χ0n) is 19.1. The standard InChI is InChI=1S/C28H33NO2S/c1-3-5-9-19-29(18-4-2)25-14-12-24(13-15-26-16-17-27(21-30)32-26)28(20-25)31-22-23-10-7-6-8-11-23/h6-8,10-17,20-21H,3-5,9,18-19,22H2,1-2H3/b15-13+. The lowest BCUT2D eigenvalue weighted by atomic mass is 10.1. The van der Waals surface area contributed by atoms with Gasteiger partial charge in [-0.1, -0.05) is 57.0 Å². The molecule has 32 heavy (non-hydrogen) atoms. The van der Waals surface area contributed by atoms with Gasteiger partial charge in [-0.3, -0.25) is 4.79 Å². The minimum absolute atomic E-state index is 0.531. The number of anilines is 1. The van der Waals surface area contributed by atoms with Gasteiger partial charge in [-0.05, 0) is 54.8 Å². The molecule has 1 aromatic heterocycles. The van der Waals surface area contributed by atoms with E-state index in [1.54, 1.807) is 0 Å². The molecular weight excluding hydrogens is 414 g/mol. The SMILES string of the molecule is CCCCCN(CCC)c1ccc(/C=C/c2ccc(C=O)s2)c(OCc2ccccc2)c1. The van der Waals surface area contributed by atoms with Crippen LogP contribution < -0.4 is 9.64 Å². The number of carbonyl (C=O) groups excluding carboxylic acids is 1. The van der Waals surface area contributed by atoms with E-state index in [9.17, 15) is 4.79 Å². The highest BCUT2D eigenvalue weighted by atomic mass is 32.1. The summed E-state index contributed by atoms with van der Waals surface area (Å²) >= 11 is 1.49. The van der Waals surface area contributed by atoms with Crippen molar-refractivity contribution in [3.8, 4) is 5.75 Å². The van der Waals surface area contributed by atoms with Crippen LogP contribution in [0.15, 0.2) is 60.7 Å². The second-order valence-corrected chi connectivity index (χ2v) is 9.03. The number of nitrogens with zero attached hydrogens (tertiary/aromatic N) is 1. The number of thiophene rings is 1. The monoisotopic (exact) mass is 447 g/mol. The van der Waals surface area contributed by atoms with E-state index in [2.05, 4.69) is 55.2 Å². The molecule has 3 aromatic rings. The average molecular weight is 448 g/mol. The van der Waals surface area contributed by atoms with E-state index in [0.29, 0.717) is 6.61 Å². The van der Waals surface area contributed by atoms with Crippen LogP contribution in [0.3, 0.4) is 0 Å². The molecule has 4 heteroatoms. The molecule has 3 nitrogen and oxygen atoms in total. The fraction of sp³-hybridized carbons (Fsp3) is 0.321. The minimum atomic E-state index is 0.531. The molecule has 0 saturated heterocycles. The summed E-state index contributed by atoms with van der Waals surface area (Å²) < 4.78 is 6.30. The number of hydrogen-bond donors (Lipinski definition) is 0. The summed E-state index contributed by atoms with van der Waals surface area (Å²) in [5.41, 5.74) is 3.40. The Morgan fingerprint density at radius 3 is 2.41 bits per heavy atom. The number of unbranched alkanes of at least 4 members (excludes halogenated alkanes) is 2. The summed E-state index contributed by atoms with van der Waals surface area (Å²) in [4.78, 5) is 15.2. The maximum Gasteiger partial charge on any atom is 0.160 e. The Hall–Kier alpha value is -2.85. The molecule has 0 spiro atoms. The molecule has 0 radical (unpaired) electrons. The van der Waals surface area contributed by atoms with Crippen molar-refractivity contribution in [1.82, 2.24) is 0 Å². The van der Waals surface area contributed by atoms with Crippen molar-refractivity contribution in [3.63, 3.8) is 0 Å². The lowest BCUT2D eigenvalue weighted by Crippen LogP contribution is -2.25. The Morgan fingerprint density at radius 1 is 0.875 bits per heavy atom. The molecule has 3 rings (SSSR count). The molecule has 0 atom stereocenters. The number of benzene rings is 2. The van der Waals surface area contributed by atoms with Crippen molar-refractivity contribution in [2.75, 3.05) is 18.0 Å². The van der Waals surface area contributed by atoms with Gasteiger partial charge >= 0.3 is 0 Å². The van der Waals surface area contributed by atoms with E-state index >= 15 is 0 Å². The predicted molar refractivity (Wildman–Crippen MR) is 138 cm³/mol.